The molecule has 2 N–H and O–H groups in total. The normalized spacial score (nSPS) is 11.2. The number of rotatable bonds is 4. The molecule has 2 rings (SSSR count). The predicted octanol–water partition coefficient (Wildman–Crippen LogP) is 1.06. The van der Waals surface area contributed by atoms with Crippen LogP contribution in [0.4, 0.5) is 5.13 Å². The first-order valence-corrected chi connectivity index (χ1v) is 7.77. The summed E-state index contributed by atoms with van der Waals surface area (Å²) in [5.74, 6) is -0.449. The van der Waals surface area contributed by atoms with E-state index in [1.807, 2.05) is 0 Å². The van der Waals surface area contributed by atoms with Crippen molar-refractivity contribution in [3.05, 3.63) is 18.2 Å². The molecule has 1 amide bonds. The predicted molar refractivity (Wildman–Crippen MR) is 74.7 cm³/mol. The van der Waals surface area contributed by atoms with E-state index in [0.29, 0.717) is 15.3 Å². The molecule has 2 aromatic rings. The number of anilines is 1. The number of thiazole rings is 1. The number of amides is 1. The number of nitrogens with zero attached hydrogens (tertiary/aromatic N) is 2. The zero-order chi connectivity index (χ0) is 14.8. The van der Waals surface area contributed by atoms with Crippen LogP contribution in [0.5, 0.6) is 0 Å². The van der Waals surface area contributed by atoms with Crippen molar-refractivity contribution in [3.63, 3.8) is 0 Å². The molecular weight excluding hydrogens is 300 g/mol. The quantitative estimate of drug-likeness (QED) is 0.876. The van der Waals surface area contributed by atoms with E-state index in [0.717, 1.165) is 11.3 Å². The molecule has 0 unspecified atom stereocenters. The number of carbonyl (C=O) groups is 1. The summed E-state index contributed by atoms with van der Waals surface area (Å²) in [5, 5.41) is 11.2. The Morgan fingerprint density at radius 2 is 2.25 bits per heavy atom. The Morgan fingerprint density at radius 1 is 1.50 bits per heavy atom. The Kier molecular flexibility index (Phi) is 3.99. The van der Waals surface area contributed by atoms with Gasteiger partial charge in [0, 0.05) is 0 Å². The van der Waals surface area contributed by atoms with Gasteiger partial charge in [0.25, 0.3) is 0 Å². The molecule has 0 fully saturated rings. The zero-order valence-electron chi connectivity index (χ0n) is 10.4. The molecule has 9 heteroatoms. The lowest BCUT2D eigenvalue weighted by Crippen LogP contribution is -2.18. The molecule has 1 aromatic carbocycles. The highest BCUT2D eigenvalue weighted by Gasteiger charge is 2.14. The molecule has 0 saturated carbocycles. The van der Waals surface area contributed by atoms with Gasteiger partial charge >= 0.3 is 0 Å². The van der Waals surface area contributed by atoms with Gasteiger partial charge in [0.1, 0.15) is 6.42 Å². The lowest BCUT2D eigenvalue weighted by atomic mass is 10.3. The fraction of sp³-hybridized carbons (Fsp3) is 0.182. The van der Waals surface area contributed by atoms with Crippen molar-refractivity contribution in [1.29, 1.82) is 5.26 Å². The van der Waals surface area contributed by atoms with Crippen LogP contribution in [0.25, 0.3) is 10.2 Å². The van der Waals surface area contributed by atoms with Gasteiger partial charge in [0.05, 0.1) is 21.2 Å². The first kappa shape index (κ1) is 14.4. The highest BCUT2D eigenvalue weighted by Crippen LogP contribution is 2.28. The average molecular weight is 310 g/mol. The SMILES string of the molecule is CNS(=O)(=O)c1ccc2nc(NC(=O)CC#N)sc2c1. The first-order chi connectivity index (χ1) is 9.46. The van der Waals surface area contributed by atoms with Crippen LogP contribution in [0.3, 0.4) is 0 Å². The molecule has 0 spiro atoms. The number of aromatic nitrogens is 1. The lowest BCUT2D eigenvalue weighted by Gasteiger charge is -2.00. The largest absolute Gasteiger partial charge is 0.301 e. The third-order valence-electron chi connectivity index (χ3n) is 2.42. The molecule has 1 aromatic heterocycles. The molecule has 0 bridgehead atoms. The van der Waals surface area contributed by atoms with Crippen molar-refractivity contribution in [2.24, 2.45) is 0 Å². The molecule has 0 atom stereocenters. The first-order valence-electron chi connectivity index (χ1n) is 5.47. The van der Waals surface area contributed by atoms with E-state index in [-0.39, 0.29) is 11.3 Å². The summed E-state index contributed by atoms with van der Waals surface area (Å²) in [7, 11) is -2.18. The fourth-order valence-electron chi connectivity index (χ4n) is 1.48. The zero-order valence-corrected chi connectivity index (χ0v) is 12.0. The number of nitriles is 1. The number of nitrogens with one attached hydrogen (secondary N) is 2. The standard InChI is InChI=1S/C11H10N4O3S2/c1-13-20(17,18)7-2-3-8-9(6-7)19-11(14-8)15-10(16)4-5-12/h2-3,6,13H,4H2,1H3,(H,14,15,16). The summed E-state index contributed by atoms with van der Waals surface area (Å²) in [4.78, 5) is 15.6. The van der Waals surface area contributed by atoms with Crippen molar-refractivity contribution in [1.82, 2.24) is 9.71 Å². The van der Waals surface area contributed by atoms with Gasteiger partial charge < -0.3 is 5.32 Å². The lowest BCUT2D eigenvalue weighted by molar-refractivity contribution is -0.115. The van der Waals surface area contributed by atoms with Gasteiger partial charge in [-0.3, -0.25) is 4.79 Å². The van der Waals surface area contributed by atoms with E-state index in [1.54, 1.807) is 12.1 Å². The fourth-order valence-corrected chi connectivity index (χ4v) is 3.23. The second-order valence-corrected chi connectivity index (χ2v) is 6.66. The average Bonchev–Trinajstić information content (AvgIpc) is 2.79. The summed E-state index contributed by atoms with van der Waals surface area (Å²) in [5.41, 5.74) is 0.581. The molecule has 1 heterocycles. The molecule has 0 aliphatic carbocycles. The highest BCUT2D eigenvalue weighted by atomic mass is 32.2. The van der Waals surface area contributed by atoms with Crippen LogP contribution >= 0.6 is 11.3 Å². The summed E-state index contributed by atoms with van der Waals surface area (Å²) in [6.45, 7) is 0. The monoisotopic (exact) mass is 310 g/mol. The van der Waals surface area contributed by atoms with E-state index in [9.17, 15) is 13.2 Å². The van der Waals surface area contributed by atoms with Gasteiger partial charge in [-0.2, -0.15) is 5.26 Å². The van der Waals surface area contributed by atoms with Crippen LogP contribution in [0.15, 0.2) is 23.1 Å². The summed E-state index contributed by atoms with van der Waals surface area (Å²) < 4.78 is 26.2. The third-order valence-corrected chi connectivity index (χ3v) is 4.77. The Labute approximate surface area is 119 Å². The van der Waals surface area contributed by atoms with Crippen LogP contribution in [-0.2, 0) is 14.8 Å². The van der Waals surface area contributed by atoms with Crippen LogP contribution in [0.2, 0.25) is 0 Å². The number of fused-ring (bicyclic) bond motifs is 1. The van der Waals surface area contributed by atoms with E-state index in [1.165, 1.54) is 19.2 Å². The van der Waals surface area contributed by atoms with Crippen LogP contribution in [0, 0.1) is 11.3 Å². The molecule has 20 heavy (non-hydrogen) atoms. The minimum absolute atomic E-state index is 0.131. The Morgan fingerprint density at radius 3 is 2.90 bits per heavy atom. The van der Waals surface area contributed by atoms with Gasteiger partial charge in [-0.15, -0.1) is 0 Å². The topological polar surface area (TPSA) is 112 Å². The number of hydrogen-bond donors (Lipinski definition) is 2. The van der Waals surface area contributed by atoms with Crippen molar-refractivity contribution in [2.75, 3.05) is 12.4 Å². The Bertz CT molecular complexity index is 805. The van der Waals surface area contributed by atoms with Gasteiger partial charge in [-0.05, 0) is 25.2 Å². The molecule has 0 aliphatic rings. The second-order valence-electron chi connectivity index (χ2n) is 3.74. The summed E-state index contributed by atoms with van der Waals surface area (Å²) >= 11 is 1.15. The summed E-state index contributed by atoms with van der Waals surface area (Å²) in [6, 6.07) is 6.22. The van der Waals surface area contributed by atoms with Crippen molar-refractivity contribution in [2.45, 2.75) is 11.3 Å². The third kappa shape index (κ3) is 2.93. The van der Waals surface area contributed by atoms with E-state index >= 15 is 0 Å². The minimum Gasteiger partial charge on any atom is -0.301 e. The maximum atomic E-state index is 11.7. The van der Waals surface area contributed by atoms with Crippen LogP contribution in [0.1, 0.15) is 6.42 Å². The molecule has 7 nitrogen and oxygen atoms in total. The van der Waals surface area contributed by atoms with Gasteiger partial charge in [-0.25, -0.2) is 18.1 Å². The van der Waals surface area contributed by atoms with E-state index in [4.69, 9.17) is 5.26 Å². The maximum Gasteiger partial charge on any atom is 0.240 e. The Hall–Kier alpha value is -2.02. The summed E-state index contributed by atoms with van der Waals surface area (Å²) in [6.07, 6.45) is -0.255. The number of benzene rings is 1. The molecule has 0 saturated heterocycles. The highest BCUT2D eigenvalue weighted by molar-refractivity contribution is 7.89. The van der Waals surface area contributed by atoms with Crippen molar-refractivity contribution in [3.8, 4) is 6.07 Å². The van der Waals surface area contributed by atoms with Gasteiger partial charge in [0.2, 0.25) is 15.9 Å². The van der Waals surface area contributed by atoms with Crippen molar-refractivity contribution >= 4 is 42.6 Å². The van der Waals surface area contributed by atoms with Gasteiger partial charge in [0.15, 0.2) is 5.13 Å². The number of carbonyl (C=O) groups excluding carboxylic acids is 1. The smallest absolute Gasteiger partial charge is 0.240 e. The van der Waals surface area contributed by atoms with Crippen molar-refractivity contribution < 1.29 is 13.2 Å². The van der Waals surface area contributed by atoms with Crippen LogP contribution in [-0.4, -0.2) is 26.4 Å². The maximum absolute atomic E-state index is 11.7. The molecule has 0 aliphatic heterocycles. The molecule has 104 valence electrons. The number of sulfonamides is 1. The molecular formula is C11H10N4O3S2. The minimum atomic E-state index is -3.51. The van der Waals surface area contributed by atoms with E-state index in [2.05, 4.69) is 15.0 Å². The Balaban J connectivity index is 2.36. The van der Waals surface area contributed by atoms with Crippen LogP contribution < -0.4 is 10.0 Å². The molecule has 0 radical (unpaired) electrons. The van der Waals surface area contributed by atoms with E-state index < -0.39 is 15.9 Å². The van der Waals surface area contributed by atoms with Gasteiger partial charge in [-0.1, -0.05) is 11.3 Å². The number of hydrogen-bond acceptors (Lipinski definition) is 6. The second kappa shape index (κ2) is 5.54.